The summed E-state index contributed by atoms with van der Waals surface area (Å²) in [5.41, 5.74) is 0. The Morgan fingerprint density at radius 3 is 2.73 bits per heavy atom. The molecular formula is C10H14I2N2O. The predicted octanol–water partition coefficient (Wildman–Crippen LogP) is 3.22. The van der Waals surface area contributed by atoms with Crippen LogP contribution in [0.4, 0.5) is 0 Å². The molecule has 0 N–H and O–H groups in total. The zero-order valence-corrected chi connectivity index (χ0v) is 12.9. The number of rotatable bonds is 2. The molecule has 1 aliphatic rings. The number of imidazole rings is 1. The third-order valence-electron chi connectivity index (χ3n) is 3.02. The minimum Gasteiger partial charge on any atom is -0.379 e. The van der Waals surface area contributed by atoms with Crippen LogP contribution in [0.1, 0.15) is 31.7 Å². The van der Waals surface area contributed by atoms with Gasteiger partial charge < -0.3 is 9.30 Å². The SMILES string of the molecule is COC1CCCCC1n1cnc(I)c1I. The van der Waals surface area contributed by atoms with Gasteiger partial charge in [0.1, 0.15) is 7.40 Å². The Balaban J connectivity index is 2.24. The molecule has 84 valence electrons. The Hall–Kier alpha value is 0.630. The molecule has 2 rings (SSSR count). The van der Waals surface area contributed by atoms with Gasteiger partial charge in [-0.2, -0.15) is 0 Å². The molecule has 0 radical (unpaired) electrons. The van der Waals surface area contributed by atoms with Gasteiger partial charge in [-0.15, -0.1) is 0 Å². The van der Waals surface area contributed by atoms with E-state index in [1.165, 1.54) is 29.4 Å². The van der Waals surface area contributed by atoms with Crippen LogP contribution in [0, 0.1) is 7.40 Å². The van der Waals surface area contributed by atoms with Crippen molar-refractivity contribution in [1.82, 2.24) is 9.55 Å². The normalized spacial score (nSPS) is 26.9. The second-order valence-corrected chi connectivity index (χ2v) is 5.90. The number of nitrogens with zero attached hydrogens (tertiary/aromatic N) is 2. The molecule has 1 saturated carbocycles. The van der Waals surface area contributed by atoms with Crippen molar-refractivity contribution in [1.29, 1.82) is 0 Å². The summed E-state index contributed by atoms with van der Waals surface area (Å²) in [6, 6.07) is 0.478. The summed E-state index contributed by atoms with van der Waals surface area (Å²) in [6.07, 6.45) is 7.28. The Labute approximate surface area is 117 Å². The van der Waals surface area contributed by atoms with Crippen LogP contribution >= 0.6 is 45.2 Å². The molecule has 0 amide bonds. The van der Waals surface area contributed by atoms with E-state index in [-0.39, 0.29) is 0 Å². The molecule has 0 aromatic carbocycles. The summed E-state index contributed by atoms with van der Waals surface area (Å²) in [6.45, 7) is 0. The van der Waals surface area contributed by atoms with Crippen molar-refractivity contribution in [3.05, 3.63) is 13.7 Å². The van der Waals surface area contributed by atoms with Crippen LogP contribution < -0.4 is 0 Å². The molecular weight excluding hydrogens is 418 g/mol. The predicted molar refractivity (Wildman–Crippen MR) is 76.0 cm³/mol. The fourth-order valence-electron chi connectivity index (χ4n) is 2.23. The van der Waals surface area contributed by atoms with E-state index < -0.39 is 0 Å². The monoisotopic (exact) mass is 432 g/mol. The van der Waals surface area contributed by atoms with Crippen molar-refractivity contribution in [3.63, 3.8) is 0 Å². The maximum Gasteiger partial charge on any atom is 0.132 e. The minimum atomic E-state index is 0.359. The number of ether oxygens (including phenoxy) is 1. The summed E-state index contributed by atoms with van der Waals surface area (Å²) < 4.78 is 10.2. The van der Waals surface area contributed by atoms with Crippen molar-refractivity contribution >= 4 is 45.2 Å². The molecule has 2 atom stereocenters. The molecule has 0 aliphatic heterocycles. The second kappa shape index (κ2) is 5.31. The van der Waals surface area contributed by atoms with Gasteiger partial charge in [-0.25, -0.2) is 4.98 Å². The van der Waals surface area contributed by atoms with Crippen LogP contribution in [0.25, 0.3) is 0 Å². The molecule has 0 saturated heterocycles. The van der Waals surface area contributed by atoms with E-state index in [1.807, 2.05) is 13.4 Å². The number of hydrogen-bond acceptors (Lipinski definition) is 2. The fourth-order valence-corrected chi connectivity index (χ4v) is 3.25. The first-order chi connectivity index (χ1) is 7.24. The molecule has 1 aromatic heterocycles. The van der Waals surface area contributed by atoms with Crippen molar-refractivity contribution in [2.75, 3.05) is 7.11 Å². The van der Waals surface area contributed by atoms with Crippen LogP contribution in [0.2, 0.25) is 0 Å². The number of hydrogen-bond donors (Lipinski definition) is 0. The Morgan fingerprint density at radius 1 is 1.40 bits per heavy atom. The third-order valence-corrected chi connectivity index (χ3v) is 5.91. The zero-order valence-electron chi connectivity index (χ0n) is 8.62. The molecule has 0 bridgehead atoms. The lowest BCUT2D eigenvalue weighted by Gasteiger charge is -2.31. The molecule has 1 fully saturated rings. The average Bonchev–Trinajstić information content (AvgIpc) is 2.60. The van der Waals surface area contributed by atoms with Crippen molar-refractivity contribution < 1.29 is 4.74 Å². The lowest BCUT2D eigenvalue weighted by Crippen LogP contribution is -2.29. The van der Waals surface area contributed by atoms with Crippen molar-refractivity contribution in [2.45, 2.75) is 37.8 Å². The maximum absolute atomic E-state index is 5.57. The van der Waals surface area contributed by atoms with E-state index in [9.17, 15) is 0 Å². The summed E-state index contributed by atoms with van der Waals surface area (Å²) in [7, 11) is 1.82. The topological polar surface area (TPSA) is 27.1 Å². The van der Waals surface area contributed by atoms with Gasteiger partial charge in [-0.05, 0) is 58.0 Å². The van der Waals surface area contributed by atoms with Gasteiger partial charge in [0.15, 0.2) is 0 Å². The highest BCUT2D eigenvalue weighted by molar-refractivity contribution is 14.1. The van der Waals surface area contributed by atoms with E-state index in [4.69, 9.17) is 4.74 Å². The van der Waals surface area contributed by atoms with E-state index >= 15 is 0 Å². The van der Waals surface area contributed by atoms with Gasteiger partial charge in [0.05, 0.1) is 18.5 Å². The molecule has 1 aromatic rings. The molecule has 5 heteroatoms. The zero-order chi connectivity index (χ0) is 10.8. The van der Waals surface area contributed by atoms with Crippen LogP contribution in [0.5, 0.6) is 0 Å². The first kappa shape index (κ1) is 12.1. The van der Waals surface area contributed by atoms with E-state index in [0.717, 1.165) is 3.70 Å². The molecule has 1 aliphatic carbocycles. The summed E-state index contributed by atoms with van der Waals surface area (Å²) >= 11 is 4.65. The molecule has 2 unspecified atom stereocenters. The van der Waals surface area contributed by atoms with E-state index in [2.05, 4.69) is 54.7 Å². The minimum absolute atomic E-state index is 0.359. The van der Waals surface area contributed by atoms with Gasteiger partial charge >= 0.3 is 0 Å². The fraction of sp³-hybridized carbons (Fsp3) is 0.700. The van der Waals surface area contributed by atoms with Crippen molar-refractivity contribution in [3.8, 4) is 0 Å². The lowest BCUT2D eigenvalue weighted by atomic mass is 9.92. The third kappa shape index (κ3) is 2.49. The Kier molecular flexibility index (Phi) is 4.28. The Bertz CT molecular complexity index is 340. The van der Waals surface area contributed by atoms with Crippen LogP contribution in [-0.4, -0.2) is 22.8 Å². The highest BCUT2D eigenvalue weighted by Crippen LogP contribution is 2.32. The van der Waals surface area contributed by atoms with Crippen LogP contribution in [0.3, 0.4) is 0 Å². The number of halogens is 2. The lowest BCUT2D eigenvalue weighted by molar-refractivity contribution is 0.0281. The van der Waals surface area contributed by atoms with Gasteiger partial charge in [0, 0.05) is 7.11 Å². The summed E-state index contributed by atoms with van der Waals surface area (Å²) in [5.74, 6) is 0. The summed E-state index contributed by atoms with van der Waals surface area (Å²) in [4.78, 5) is 4.35. The number of methoxy groups -OCH3 is 1. The van der Waals surface area contributed by atoms with Gasteiger partial charge in [0.2, 0.25) is 0 Å². The average molecular weight is 432 g/mol. The summed E-state index contributed by atoms with van der Waals surface area (Å²) in [5, 5.41) is 0. The number of aromatic nitrogens is 2. The quantitative estimate of drug-likeness (QED) is 0.672. The largest absolute Gasteiger partial charge is 0.379 e. The van der Waals surface area contributed by atoms with E-state index in [1.54, 1.807) is 0 Å². The van der Waals surface area contributed by atoms with Gasteiger partial charge in [-0.3, -0.25) is 0 Å². The highest BCUT2D eigenvalue weighted by Gasteiger charge is 2.27. The van der Waals surface area contributed by atoms with Crippen LogP contribution in [-0.2, 0) is 4.74 Å². The first-order valence-electron chi connectivity index (χ1n) is 5.14. The van der Waals surface area contributed by atoms with E-state index in [0.29, 0.717) is 12.1 Å². The van der Waals surface area contributed by atoms with Crippen molar-refractivity contribution in [2.24, 2.45) is 0 Å². The molecule has 15 heavy (non-hydrogen) atoms. The van der Waals surface area contributed by atoms with Gasteiger partial charge in [0.25, 0.3) is 0 Å². The molecule has 0 spiro atoms. The van der Waals surface area contributed by atoms with Gasteiger partial charge in [-0.1, -0.05) is 12.8 Å². The first-order valence-corrected chi connectivity index (χ1v) is 7.30. The molecule has 1 heterocycles. The standard InChI is InChI=1S/C10H14I2N2O/c1-15-8-5-3-2-4-7(8)14-6-13-9(11)10(14)12/h6-8H,2-5H2,1H3. The smallest absolute Gasteiger partial charge is 0.132 e. The molecule has 3 nitrogen and oxygen atoms in total. The Morgan fingerprint density at radius 2 is 2.13 bits per heavy atom. The maximum atomic E-state index is 5.57. The second-order valence-electron chi connectivity index (χ2n) is 3.86. The highest BCUT2D eigenvalue weighted by atomic mass is 127. The van der Waals surface area contributed by atoms with Crippen LogP contribution in [0.15, 0.2) is 6.33 Å².